The molecule has 3 saturated heterocycles. The van der Waals surface area contributed by atoms with Crippen molar-refractivity contribution in [1.29, 1.82) is 0 Å². The molecule has 3 heterocycles. The minimum atomic E-state index is -0.242. The van der Waals surface area contributed by atoms with Gasteiger partial charge in [-0.05, 0) is 12.8 Å². The van der Waals surface area contributed by atoms with Crippen molar-refractivity contribution in [1.82, 2.24) is 0 Å². The zero-order valence-corrected chi connectivity index (χ0v) is 19.6. The monoisotopic (exact) mass is 470 g/mol. The van der Waals surface area contributed by atoms with Gasteiger partial charge in [-0.25, -0.2) is 0 Å². The zero-order valence-electron chi connectivity index (χ0n) is 11.1. The van der Waals surface area contributed by atoms with Crippen molar-refractivity contribution < 1.29 is 0 Å². The predicted molar refractivity (Wildman–Crippen MR) is 126 cm³/mol. The van der Waals surface area contributed by atoms with Gasteiger partial charge in [0.15, 0.2) is 0 Å². The van der Waals surface area contributed by atoms with E-state index in [2.05, 4.69) is 0 Å². The second kappa shape index (κ2) is 8.03. The first-order chi connectivity index (χ1) is 9.83. The zero-order chi connectivity index (χ0) is 15.1. The summed E-state index contributed by atoms with van der Waals surface area (Å²) in [6.45, 7) is 0. The average molecular weight is 471 g/mol. The van der Waals surface area contributed by atoms with E-state index in [9.17, 15) is 0 Å². The molecule has 0 radical (unpaired) electrons. The molecule has 0 aromatic carbocycles. The van der Waals surface area contributed by atoms with E-state index in [1.807, 2.05) is 70.6 Å². The normalized spacial score (nSPS) is 30.9. The fourth-order valence-corrected chi connectivity index (χ4v) is 12.8. The van der Waals surface area contributed by atoms with Gasteiger partial charge in [-0.15, -0.1) is 47.0 Å². The van der Waals surface area contributed by atoms with E-state index < -0.39 is 0 Å². The van der Waals surface area contributed by atoms with Gasteiger partial charge < -0.3 is 0 Å². The Morgan fingerprint density at radius 1 is 0.857 bits per heavy atom. The Morgan fingerprint density at radius 2 is 1.29 bits per heavy atom. The van der Waals surface area contributed by atoms with Crippen molar-refractivity contribution in [3.05, 3.63) is 0 Å². The highest BCUT2D eigenvalue weighted by Crippen LogP contribution is 2.59. The molecular weight excluding hydrogens is 453 g/mol. The molecular formula is C11H18S10. The van der Waals surface area contributed by atoms with Crippen molar-refractivity contribution in [3.63, 3.8) is 0 Å². The third kappa shape index (κ3) is 6.96. The average Bonchev–Trinajstić information content (AvgIpc) is 3.09. The van der Waals surface area contributed by atoms with Gasteiger partial charge in [0.25, 0.3) is 0 Å². The minimum Gasteiger partial charge on any atom is -0.156 e. The first-order valence-corrected chi connectivity index (χ1v) is 14.3. The lowest BCUT2D eigenvalue weighted by atomic mass is 10.4. The molecule has 0 amide bonds. The largest absolute Gasteiger partial charge is 0.156 e. The van der Waals surface area contributed by atoms with Crippen molar-refractivity contribution in [3.8, 4) is 0 Å². The van der Waals surface area contributed by atoms with Crippen LogP contribution >= 0.6 is 121 Å². The lowest BCUT2D eigenvalue weighted by molar-refractivity contribution is 0.923. The first-order valence-electron chi connectivity index (χ1n) is 6.55. The third-order valence-corrected chi connectivity index (χ3v) is 13.5. The van der Waals surface area contributed by atoms with Crippen LogP contribution < -0.4 is 0 Å². The van der Waals surface area contributed by atoms with Crippen molar-refractivity contribution in [2.45, 2.75) is 39.3 Å². The maximum atomic E-state index is 4.82. The Hall–Kier alpha value is 3.50. The van der Waals surface area contributed by atoms with Crippen molar-refractivity contribution >= 4 is 121 Å². The maximum Gasteiger partial charge on any atom is 0.103 e. The smallest absolute Gasteiger partial charge is 0.103 e. The number of hydrogen-bond donors (Lipinski definition) is 4. The van der Waals surface area contributed by atoms with Gasteiger partial charge >= 0.3 is 0 Å². The number of thiol groups is 4. The quantitative estimate of drug-likeness (QED) is 0.196. The van der Waals surface area contributed by atoms with Crippen LogP contribution in [-0.2, 0) is 0 Å². The molecule has 3 fully saturated rings. The fraction of sp³-hybridized carbons (Fsp3) is 1.00. The summed E-state index contributed by atoms with van der Waals surface area (Å²) in [6, 6.07) is 0. The molecule has 3 aliphatic rings. The second-order valence-corrected chi connectivity index (χ2v) is 19.0. The summed E-state index contributed by atoms with van der Waals surface area (Å²) in [5.41, 5.74) is 0. The molecule has 3 aliphatic heterocycles. The Morgan fingerprint density at radius 3 is 1.57 bits per heavy atom. The highest BCUT2D eigenvalue weighted by molar-refractivity contribution is 8.38. The summed E-state index contributed by atoms with van der Waals surface area (Å²) >= 11 is 31.2. The second-order valence-electron chi connectivity index (χ2n) is 5.23. The van der Waals surface area contributed by atoms with Gasteiger partial charge in [-0.1, -0.05) is 0 Å². The Labute approximate surface area is 175 Å². The van der Waals surface area contributed by atoms with Crippen LogP contribution in [0.4, 0.5) is 0 Å². The van der Waals surface area contributed by atoms with E-state index in [1.54, 1.807) is 0 Å². The summed E-state index contributed by atoms with van der Waals surface area (Å²) in [5.74, 6) is 2.55. The van der Waals surface area contributed by atoms with Crippen LogP contribution in [0, 0.1) is 0 Å². The van der Waals surface area contributed by atoms with E-state index in [0.717, 1.165) is 23.3 Å². The van der Waals surface area contributed by atoms with E-state index in [-0.39, 0.29) is 6.82 Å². The van der Waals surface area contributed by atoms with Gasteiger partial charge in [0.1, 0.15) is 6.82 Å². The summed E-state index contributed by atoms with van der Waals surface area (Å²) in [6.07, 6.45) is 2.14. The Bertz CT molecular complexity index is 332. The molecule has 0 aromatic heterocycles. The maximum absolute atomic E-state index is 4.82. The van der Waals surface area contributed by atoms with Crippen molar-refractivity contribution in [2.75, 3.05) is 16.6 Å². The van der Waals surface area contributed by atoms with Crippen LogP contribution in [0.2, 0.25) is 0 Å². The van der Waals surface area contributed by atoms with E-state index in [1.165, 1.54) is 16.6 Å². The molecule has 122 valence electrons. The highest BCUT2D eigenvalue weighted by Gasteiger charge is 2.43. The molecule has 0 saturated carbocycles. The lowest BCUT2D eigenvalue weighted by Gasteiger charge is -2.39. The van der Waals surface area contributed by atoms with Gasteiger partial charge in [-0.2, -0.15) is 74.0 Å². The van der Waals surface area contributed by atoms with Crippen LogP contribution in [0.3, 0.4) is 0 Å². The molecule has 3 rings (SSSR count). The lowest BCUT2D eigenvalue weighted by Crippen LogP contribution is -2.29. The van der Waals surface area contributed by atoms with Crippen molar-refractivity contribution in [2.24, 2.45) is 0 Å². The minimum absolute atomic E-state index is 0.242. The van der Waals surface area contributed by atoms with Crippen LogP contribution in [0.1, 0.15) is 12.8 Å². The fourth-order valence-electron chi connectivity index (χ4n) is 1.87. The molecule has 0 spiro atoms. The van der Waals surface area contributed by atoms with Gasteiger partial charge in [0, 0.05) is 27.1 Å². The van der Waals surface area contributed by atoms with E-state index in [0.29, 0.717) is 9.16 Å². The SMILES string of the molecule is SC(S)(CC1CS1)SC(SC(S)(S)CC1CS1)C1SCS1. The molecule has 0 bridgehead atoms. The molecule has 0 nitrogen and oxygen atoms in total. The highest BCUT2D eigenvalue weighted by atomic mass is 32.3. The molecule has 0 N–H and O–H groups in total. The number of rotatable bonds is 9. The number of hydrogen-bond acceptors (Lipinski definition) is 10. The number of thioether (sulfide) groups is 6. The molecule has 2 atom stereocenters. The molecule has 2 unspecified atom stereocenters. The van der Waals surface area contributed by atoms with Crippen LogP contribution in [0.5, 0.6) is 0 Å². The van der Waals surface area contributed by atoms with Gasteiger partial charge in [0.05, 0.1) is 9.16 Å². The van der Waals surface area contributed by atoms with Gasteiger partial charge in [0.2, 0.25) is 0 Å². The van der Waals surface area contributed by atoms with Crippen LogP contribution in [-0.4, -0.2) is 43.1 Å². The molecule has 0 aromatic rings. The van der Waals surface area contributed by atoms with E-state index >= 15 is 0 Å². The summed E-state index contributed by atoms with van der Waals surface area (Å²) in [4.78, 5) is 0. The van der Waals surface area contributed by atoms with E-state index in [4.69, 9.17) is 50.5 Å². The van der Waals surface area contributed by atoms with Gasteiger partial charge in [-0.3, -0.25) is 0 Å². The predicted octanol–water partition coefficient (Wildman–Crippen LogP) is 5.58. The Balaban J connectivity index is 1.56. The summed E-state index contributed by atoms with van der Waals surface area (Å²) in [5, 5.41) is 2.73. The first kappa shape index (κ1) is 19.3. The standard InChI is InChI=1S/C11H18S10/c12-10(13,1-6-3-16-6)20-9(8-18-5-19-8)21-11(14,15)2-7-4-17-7/h6-9,12-15H,1-5H2. The van der Waals surface area contributed by atoms with Crippen LogP contribution in [0.15, 0.2) is 0 Å². The van der Waals surface area contributed by atoms with Crippen LogP contribution in [0.25, 0.3) is 0 Å². The summed E-state index contributed by atoms with van der Waals surface area (Å²) < 4.78 is 0.588. The topological polar surface area (TPSA) is 0 Å². The summed E-state index contributed by atoms with van der Waals surface area (Å²) in [7, 11) is 0. The molecule has 10 heteroatoms. The Kier molecular flexibility index (Phi) is 7.36. The molecule has 0 aliphatic carbocycles. The molecule has 21 heavy (non-hydrogen) atoms. The third-order valence-electron chi connectivity index (χ3n) is 3.09.